The van der Waals surface area contributed by atoms with Gasteiger partial charge in [-0.3, -0.25) is 0 Å². The van der Waals surface area contributed by atoms with Gasteiger partial charge in [0, 0.05) is 14.7 Å². The van der Waals surface area contributed by atoms with E-state index in [0.717, 1.165) is 38.7 Å². The third-order valence-corrected chi connectivity index (χ3v) is 5.89. The molecule has 1 saturated carbocycles. The third kappa shape index (κ3) is 6.31. The number of hydrogen-bond donors (Lipinski definition) is 0. The Bertz CT molecular complexity index is 327. The van der Waals surface area contributed by atoms with Crippen LogP contribution in [0.2, 0.25) is 25.7 Å². The van der Waals surface area contributed by atoms with Crippen LogP contribution in [0.5, 0.6) is 0 Å². The van der Waals surface area contributed by atoms with Gasteiger partial charge in [-0.15, -0.1) is 0 Å². The molecule has 4 nitrogen and oxygen atoms in total. The molecular weight excluding hydrogens is 270 g/mol. The van der Waals surface area contributed by atoms with Gasteiger partial charge in [0.15, 0.2) is 0 Å². The van der Waals surface area contributed by atoms with Gasteiger partial charge >= 0.3 is 0 Å². The molecule has 1 aliphatic rings. The molecule has 0 aromatic heterocycles. The highest BCUT2D eigenvalue weighted by Gasteiger charge is 2.34. The van der Waals surface area contributed by atoms with Crippen LogP contribution < -0.4 is 0 Å². The zero-order valence-corrected chi connectivity index (χ0v) is 14.4. The van der Waals surface area contributed by atoms with E-state index in [-0.39, 0.29) is 11.6 Å². The van der Waals surface area contributed by atoms with E-state index in [0.29, 0.717) is 6.79 Å². The van der Waals surface area contributed by atoms with Crippen molar-refractivity contribution >= 4 is 14.2 Å². The van der Waals surface area contributed by atoms with Crippen LogP contribution in [0.15, 0.2) is 4.99 Å². The number of carbonyl (C=O) groups excluding carboxylic acids is 1. The molecule has 0 aliphatic heterocycles. The molecule has 0 amide bonds. The average Bonchev–Trinajstić information content (AvgIpc) is 2.39. The molecule has 0 aromatic carbocycles. The molecule has 0 aromatic rings. The number of rotatable bonds is 8. The van der Waals surface area contributed by atoms with E-state index in [9.17, 15) is 4.79 Å². The Morgan fingerprint density at radius 2 is 1.95 bits per heavy atom. The summed E-state index contributed by atoms with van der Waals surface area (Å²) < 4.78 is 11.3. The lowest BCUT2D eigenvalue weighted by Gasteiger charge is -2.35. The summed E-state index contributed by atoms with van der Waals surface area (Å²) in [6, 6.07) is 1.17. The molecule has 5 heteroatoms. The largest absolute Gasteiger partial charge is 0.356 e. The SMILES string of the molecule is CCC1(N=C=O)CCC(OCOCC[Si](C)(C)C)CC1. The Hall–Kier alpha value is -0.483. The van der Waals surface area contributed by atoms with Gasteiger partial charge in [-0.25, -0.2) is 4.79 Å². The lowest BCUT2D eigenvalue weighted by molar-refractivity contribution is -0.0998. The summed E-state index contributed by atoms with van der Waals surface area (Å²) in [7, 11) is -1.01. The summed E-state index contributed by atoms with van der Waals surface area (Å²) in [4.78, 5) is 14.5. The van der Waals surface area contributed by atoms with Gasteiger partial charge in [-0.2, -0.15) is 4.99 Å². The number of hydrogen-bond acceptors (Lipinski definition) is 4. The second kappa shape index (κ2) is 8.08. The fourth-order valence-electron chi connectivity index (χ4n) is 2.52. The molecule has 0 bridgehead atoms. The number of ether oxygens (including phenoxy) is 2. The van der Waals surface area contributed by atoms with E-state index in [4.69, 9.17) is 9.47 Å². The van der Waals surface area contributed by atoms with Crippen molar-refractivity contribution in [1.82, 2.24) is 0 Å². The van der Waals surface area contributed by atoms with E-state index < -0.39 is 8.07 Å². The van der Waals surface area contributed by atoms with Crippen LogP contribution in [0.4, 0.5) is 0 Å². The first-order chi connectivity index (χ1) is 9.41. The van der Waals surface area contributed by atoms with Gasteiger partial charge < -0.3 is 9.47 Å². The molecule has 20 heavy (non-hydrogen) atoms. The highest BCUT2D eigenvalue weighted by molar-refractivity contribution is 6.76. The summed E-state index contributed by atoms with van der Waals surface area (Å²) in [6.07, 6.45) is 6.63. The molecule has 0 spiro atoms. The predicted octanol–water partition coefficient (Wildman–Crippen LogP) is 3.74. The molecule has 0 N–H and O–H groups in total. The molecule has 0 atom stereocenters. The van der Waals surface area contributed by atoms with E-state index in [2.05, 4.69) is 31.6 Å². The monoisotopic (exact) mass is 299 g/mol. The molecule has 1 rings (SSSR count). The molecular formula is C15H29NO3Si. The van der Waals surface area contributed by atoms with Crippen LogP contribution in [0, 0.1) is 0 Å². The van der Waals surface area contributed by atoms with Crippen molar-refractivity contribution in [3.63, 3.8) is 0 Å². The van der Waals surface area contributed by atoms with Gasteiger partial charge in [-0.05, 0) is 38.1 Å². The van der Waals surface area contributed by atoms with E-state index in [1.54, 1.807) is 6.08 Å². The first kappa shape index (κ1) is 17.6. The maximum Gasteiger partial charge on any atom is 0.235 e. The van der Waals surface area contributed by atoms with Gasteiger partial charge in [0.2, 0.25) is 6.08 Å². The van der Waals surface area contributed by atoms with Crippen LogP contribution in [0.25, 0.3) is 0 Å². The summed E-state index contributed by atoms with van der Waals surface area (Å²) in [6.45, 7) is 10.3. The fourth-order valence-corrected chi connectivity index (χ4v) is 3.27. The third-order valence-electron chi connectivity index (χ3n) is 4.19. The normalized spacial score (nSPS) is 27.1. The first-order valence-electron chi connectivity index (χ1n) is 7.69. The van der Waals surface area contributed by atoms with Crippen molar-refractivity contribution in [1.29, 1.82) is 0 Å². The second-order valence-electron chi connectivity index (χ2n) is 6.98. The highest BCUT2D eigenvalue weighted by atomic mass is 28.3. The Balaban J connectivity index is 2.18. The van der Waals surface area contributed by atoms with Crippen LogP contribution in [0.1, 0.15) is 39.0 Å². The van der Waals surface area contributed by atoms with Gasteiger partial charge in [-0.1, -0.05) is 26.6 Å². The number of isocyanates is 1. The predicted molar refractivity (Wildman–Crippen MR) is 83.5 cm³/mol. The zero-order valence-electron chi connectivity index (χ0n) is 13.4. The van der Waals surface area contributed by atoms with Crippen molar-refractivity contribution in [2.75, 3.05) is 13.4 Å². The van der Waals surface area contributed by atoms with Crippen LogP contribution in [-0.4, -0.2) is 39.2 Å². The lowest BCUT2D eigenvalue weighted by Crippen LogP contribution is -2.35. The van der Waals surface area contributed by atoms with Crippen molar-refractivity contribution in [2.24, 2.45) is 4.99 Å². The summed E-state index contributed by atoms with van der Waals surface area (Å²) >= 11 is 0. The molecule has 1 aliphatic carbocycles. The molecule has 0 unspecified atom stereocenters. The highest BCUT2D eigenvalue weighted by Crippen LogP contribution is 2.35. The standard InChI is InChI=1S/C15H29NO3Si/c1-5-15(16-12-17)8-6-14(7-9-15)19-13-18-10-11-20(2,3)4/h14H,5-11,13H2,1-4H3. The van der Waals surface area contributed by atoms with E-state index in [1.807, 2.05) is 0 Å². The molecule has 0 radical (unpaired) electrons. The summed E-state index contributed by atoms with van der Waals surface area (Å²) in [5, 5.41) is 0. The minimum atomic E-state index is -1.01. The van der Waals surface area contributed by atoms with Crippen LogP contribution in [0.3, 0.4) is 0 Å². The molecule has 0 heterocycles. The van der Waals surface area contributed by atoms with Gasteiger partial charge in [0.05, 0.1) is 11.6 Å². The summed E-state index contributed by atoms with van der Waals surface area (Å²) in [5.74, 6) is 0. The zero-order chi connectivity index (χ0) is 15.1. The van der Waals surface area contributed by atoms with Crippen LogP contribution >= 0.6 is 0 Å². The lowest BCUT2D eigenvalue weighted by atomic mass is 9.79. The second-order valence-corrected chi connectivity index (χ2v) is 12.6. The quantitative estimate of drug-likeness (QED) is 0.225. The number of nitrogens with zero attached hydrogens (tertiary/aromatic N) is 1. The number of aliphatic imine (C=N–C) groups is 1. The Morgan fingerprint density at radius 1 is 1.30 bits per heavy atom. The maximum atomic E-state index is 10.5. The molecule has 116 valence electrons. The Morgan fingerprint density at radius 3 is 2.45 bits per heavy atom. The van der Waals surface area contributed by atoms with Gasteiger partial charge in [0.1, 0.15) is 6.79 Å². The summed E-state index contributed by atoms with van der Waals surface area (Å²) in [5.41, 5.74) is -0.180. The molecule has 1 fully saturated rings. The maximum absolute atomic E-state index is 10.5. The topological polar surface area (TPSA) is 47.9 Å². The minimum Gasteiger partial charge on any atom is -0.356 e. The van der Waals surface area contributed by atoms with Gasteiger partial charge in [0.25, 0.3) is 0 Å². The average molecular weight is 299 g/mol. The van der Waals surface area contributed by atoms with Crippen molar-refractivity contribution < 1.29 is 14.3 Å². The fraction of sp³-hybridized carbons (Fsp3) is 0.933. The Kier molecular flexibility index (Phi) is 7.10. The van der Waals surface area contributed by atoms with E-state index in [1.165, 1.54) is 6.04 Å². The molecule has 0 saturated heterocycles. The van der Waals surface area contributed by atoms with E-state index >= 15 is 0 Å². The first-order valence-corrected chi connectivity index (χ1v) is 11.4. The Labute approximate surface area is 124 Å². The van der Waals surface area contributed by atoms with Crippen LogP contribution in [-0.2, 0) is 14.3 Å². The van der Waals surface area contributed by atoms with Crippen molar-refractivity contribution in [3.05, 3.63) is 0 Å². The minimum absolute atomic E-state index is 0.180. The van der Waals surface area contributed by atoms with Crippen molar-refractivity contribution in [2.45, 2.75) is 76.4 Å². The smallest absolute Gasteiger partial charge is 0.235 e. The van der Waals surface area contributed by atoms with Crippen molar-refractivity contribution in [3.8, 4) is 0 Å².